The monoisotopic (exact) mass is 502 g/mol. The van der Waals surface area contributed by atoms with Gasteiger partial charge in [-0.3, -0.25) is 9.69 Å². The molecule has 1 aliphatic heterocycles. The van der Waals surface area contributed by atoms with Crippen LogP contribution in [0.15, 0.2) is 77.3 Å². The SMILES string of the molecule is CNC(=O)c1cc2cc(N3C(N)=C(C#N)C(c4ccccc4)C(C(=O)OC)=C3C(=O)OC)ccc2s1. The molecule has 1 unspecified atom stereocenters. The third kappa shape index (κ3) is 4.06. The number of nitrogens with zero attached hydrogens (tertiary/aromatic N) is 2. The summed E-state index contributed by atoms with van der Waals surface area (Å²) in [7, 11) is 3.94. The predicted octanol–water partition coefficient (Wildman–Crippen LogP) is 3.16. The van der Waals surface area contributed by atoms with Gasteiger partial charge < -0.3 is 20.5 Å². The maximum absolute atomic E-state index is 13.2. The number of hydrogen-bond acceptors (Lipinski definition) is 9. The van der Waals surface area contributed by atoms with Crippen LogP contribution in [0, 0.1) is 11.3 Å². The van der Waals surface area contributed by atoms with Gasteiger partial charge in [-0.25, -0.2) is 9.59 Å². The standard InChI is InChI=1S/C26H22N4O5S/c1-29-24(31)19-12-15-11-16(9-10-18(15)36-19)30-22(26(33)35-3)21(25(32)34-2)20(17(13-27)23(30)28)14-7-5-4-6-8-14/h4-12,20H,28H2,1-3H3,(H,29,31). The van der Waals surface area contributed by atoms with E-state index in [0.717, 1.165) is 10.1 Å². The third-order valence-corrected chi connectivity index (χ3v) is 6.93. The molecule has 182 valence electrons. The molecule has 3 aromatic rings. The number of anilines is 1. The average Bonchev–Trinajstić information content (AvgIpc) is 3.35. The second-order valence-electron chi connectivity index (χ2n) is 7.75. The van der Waals surface area contributed by atoms with E-state index in [-0.39, 0.29) is 28.6 Å². The fraction of sp³-hybridized carbons (Fsp3) is 0.154. The molecule has 2 heterocycles. The van der Waals surface area contributed by atoms with Crippen LogP contribution in [0.5, 0.6) is 0 Å². The van der Waals surface area contributed by atoms with E-state index in [1.54, 1.807) is 61.6 Å². The number of nitriles is 1. The van der Waals surface area contributed by atoms with Gasteiger partial charge in [0.2, 0.25) is 0 Å². The molecule has 1 amide bonds. The van der Waals surface area contributed by atoms with Crippen LogP contribution in [-0.2, 0) is 19.1 Å². The highest BCUT2D eigenvalue weighted by atomic mass is 32.1. The first-order valence-corrected chi connectivity index (χ1v) is 11.6. The van der Waals surface area contributed by atoms with E-state index in [0.29, 0.717) is 16.1 Å². The van der Waals surface area contributed by atoms with Gasteiger partial charge in [-0.15, -0.1) is 11.3 Å². The predicted molar refractivity (Wildman–Crippen MR) is 135 cm³/mol. The lowest BCUT2D eigenvalue weighted by atomic mass is 9.81. The molecule has 10 heteroatoms. The van der Waals surface area contributed by atoms with Crippen LogP contribution in [0.3, 0.4) is 0 Å². The van der Waals surface area contributed by atoms with Crippen LogP contribution in [0.25, 0.3) is 10.1 Å². The van der Waals surface area contributed by atoms with Gasteiger partial charge in [0.15, 0.2) is 0 Å². The minimum absolute atomic E-state index is 0.0273. The first kappa shape index (κ1) is 24.5. The smallest absolute Gasteiger partial charge is 0.355 e. The van der Waals surface area contributed by atoms with Crippen LogP contribution >= 0.6 is 11.3 Å². The Balaban J connectivity index is 2.01. The molecular formula is C26H22N4O5S. The maximum atomic E-state index is 13.2. The molecule has 0 saturated carbocycles. The van der Waals surface area contributed by atoms with E-state index in [1.165, 1.54) is 30.5 Å². The number of fused-ring (bicyclic) bond motifs is 1. The summed E-state index contributed by atoms with van der Waals surface area (Å²) < 4.78 is 10.9. The summed E-state index contributed by atoms with van der Waals surface area (Å²) in [5, 5.41) is 13.4. The Bertz CT molecular complexity index is 1480. The van der Waals surface area contributed by atoms with Crippen molar-refractivity contribution < 1.29 is 23.9 Å². The number of rotatable bonds is 5. The van der Waals surface area contributed by atoms with Gasteiger partial charge in [0, 0.05) is 17.4 Å². The molecule has 1 aliphatic rings. The summed E-state index contributed by atoms with van der Waals surface area (Å²) >= 11 is 1.31. The minimum atomic E-state index is -0.946. The molecule has 9 nitrogen and oxygen atoms in total. The van der Waals surface area contributed by atoms with E-state index in [2.05, 4.69) is 11.4 Å². The number of nitrogens with one attached hydrogen (secondary N) is 1. The summed E-state index contributed by atoms with van der Waals surface area (Å²) in [6, 6.07) is 17.8. The van der Waals surface area contributed by atoms with Gasteiger partial charge >= 0.3 is 11.9 Å². The highest BCUT2D eigenvalue weighted by Gasteiger charge is 2.43. The van der Waals surface area contributed by atoms with E-state index >= 15 is 0 Å². The Hall–Kier alpha value is -4.62. The van der Waals surface area contributed by atoms with Gasteiger partial charge in [0.05, 0.1) is 42.2 Å². The van der Waals surface area contributed by atoms with Gasteiger partial charge in [-0.05, 0) is 35.2 Å². The molecule has 4 rings (SSSR count). The molecule has 0 saturated heterocycles. The lowest BCUT2D eigenvalue weighted by Crippen LogP contribution is -2.40. The maximum Gasteiger partial charge on any atom is 0.355 e. The Labute approximate surface area is 211 Å². The van der Waals surface area contributed by atoms with E-state index in [9.17, 15) is 19.6 Å². The van der Waals surface area contributed by atoms with Gasteiger partial charge in [0.1, 0.15) is 11.5 Å². The lowest BCUT2D eigenvalue weighted by Gasteiger charge is -2.35. The number of ether oxygens (including phenoxy) is 2. The van der Waals surface area contributed by atoms with Crippen molar-refractivity contribution in [2.45, 2.75) is 5.92 Å². The molecule has 3 N–H and O–H groups in total. The number of thiophene rings is 1. The molecule has 36 heavy (non-hydrogen) atoms. The zero-order chi connectivity index (χ0) is 26.0. The number of carbonyl (C=O) groups is 3. The second kappa shape index (κ2) is 9.93. The lowest BCUT2D eigenvalue weighted by molar-refractivity contribution is -0.139. The summed E-state index contributed by atoms with van der Waals surface area (Å²) in [6.45, 7) is 0. The number of benzene rings is 2. The van der Waals surface area contributed by atoms with Gasteiger partial charge in [0.25, 0.3) is 5.91 Å². The molecule has 0 aliphatic carbocycles. The van der Waals surface area contributed by atoms with Crippen molar-refractivity contribution in [2.75, 3.05) is 26.2 Å². The topological polar surface area (TPSA) is 135 Å². The molecule has 2 aromatic carbocycles. The zero-order valence-corrected chi connectivity index (χ0v) is 20.5. The van der Waals surface area contributed by atoms with E-state index in [4.69, 9.17) is 15.2 Å². The Morgan fingerprint density at radius 3 is 2.36 bits per heavy atom. The Morgan fingerprint density at radius 1 is 1.06 bits per heavy atom. The summed E-state index contributed by atoms with van der Waals surface area (Å²) in [4.78, 5) is 40.2. The van der Waals surface area contributed by atoms with E-state index in [1.807, 2.05) is 0 Å². The molecule has 1 atom stereocenters. The fourth-order valence-corrected chi connectivity index (χ4v) is 5.18. The fourth-order valence-electron chi connectivity index (χ4n) is 4.19. The van der Waals surface area contributed by atoms with Crippen LogP contribution in [0.2, 0.25) is 0 Å². The molecular weight excluding hydrogens is 480 g/mol. The Morgan fingerprint density at radius 2 is 1.75 bits per heavy atom. The number of carbonyl (C=O) groups excluding carboxylic acids is 3. The largest absolute Gasteiger partial charge is 0.466 e. The van der Waals surface area contributed by atoms with Crippen LogP contribution in [0.1, 0.15) is 21.2 Å². The normalized spacial score (nSPS) is 15.5. The Kier molecular flexibility index (Phi) is 6.76. The molecule has 0 radical (unpaired) electrons. The molecule has 0 fully saturated rings. The quantitative estimate of drug-likeness (QED) is 0.508. The number of amides is 1. The summed E-state index contributed by atoms with van der Waals surface area (Å²) in [6.07, 6.45) is 0. The van der Waals surface area contributed by atoms with Crippen LogP contribution < -0.4 is 16.0 Å². The van der Waals surface area contributed by atoms with Crippen molar-refractivity contribution in [3.63, 3.8) is 0 Å². The number of hydrogen-bond donors (Lipinski definition) is 2. The number of nitrogens with two attached hydrogens (primary N) is 1. The first-order valence-electron chi connectivity index (χ1n) is 10.8. The second-order valence-corrected chi connectivity index (χ2v) is 8.83. The first-order chi connectivity index (χ1) is 17.4. The van der Waals surface area contributed by atoms with Crippen LogP contribution in [0.4, 0.5) is 5.69 Å². The van der Waals surface area contributed by atoms with Crippen molar-refractivity contribution in [1.82, 2.24) is 5.32 Å². The van der Waals surface area contributed by atoms with E-state index < -0.39 is 17.9 Å². The third-order valence-electron chi connectivity index (χ3n) is 5.82. The molecule has 1 aromatic heterocycles. The van der Waals surface area contributed by atoms with Gasteiger partial charge in [-0.1, -0.05) is 30.3 Å². The number of methoxy groups -OCH3 is 2. The van der Waals surface area contributed by atoms with Crippen molar-refractivity contribution in [1.29, 1.82) is 5.26 Å². The van der Waals surface area contributed by atoms with Crippen molar-refractivity contribution in [3.8, 4) is 6.07 Å². The zero-order valence-electron chi connectivity index (χ0n) is 19.7. The average molecular weight is 503 g/mol. The highest BCUT2D eigenvalue weighted by molar-refractivity contribution is 7.20. The van der Waals surface area contributed by atoms with Crippen molar-refractivity contribution in [2.24, 2.45) is 5.73 Å². The highest BCUT2D eigenvalue weighted by Crippen LogP contribution is 2.43. The number of allylic oxidation sites excluding steroid dienone is 1. The van der Waals surface area contributed by atoms with Crippen molar-refractivity contribution >= 4 is 45.0 Å². The minimum Gasteiger partial charge on any atom is -0.466 e. The number of esters is 2. The molecule has 0 bridgehead atoms. The van der Waals surface area contributed by atoms with Crippen LogP contribution in [-0.4, -0.2) is 39.1 Å². The van der Waals surface area contributed by atoms with Gasteiger partial charge in [-0.2, -0.15) is 5.26 Å². The summed E-state index contributed by atoms with van der Waals surface area (Å²) in [5.41, 5.74) is 7.36. The summed E-state index contributed by atoms with van der Waals surface area (Å²) in [5.74, 6) is -2.82. The van der Waals surface area contributed by atoms with Crippen molar-refractivity contribution in [3.05, 3.63) is 87.7 Å². The molecule has 0 spiro atoms.